The van der Waals surface area contributed by atoms with Gasteiger partial charge in [0.25, 0.3) is 0 Å². The lowest BCUT2D eigenvalue weighted by atomic mass is 9.84. The summed E-state index contributed by atoms with van der Waals surface area (Å²) in [5.41, 5.74) is 30.1. The molecule has 78 heavy (non-hydrogen) atoms. The van der Waals surface area contributed by atoms with Gasteiger partial charge in [0.2, 0.25) is 47.3 Å². The van der Waals surface area contributed by atoms with Gasteiger partial charge in [-0.1, -0.05) is 80.6 Å². The Hall–Kier alpha value is -7.80. The maximum absolute atomic E-state index is 14.9. The lowest BCUT2D eigenvalue weighted by Gasteiger charge is -2.31. The Balaban J connectivity index is 1.55. The number of hydrogen-bond donors (Lipinski definition) is 15. The topological polar surface area (TPSA) is 424 Å². The van der Waals surface area contributed by atoms with Crippen LogP contribution in [0.5, 0.6) is 0 Å². The molecule has 0 spiro atoms. The second-order valence-corrected chi connectivity index (χ2v) is 20.1. The van der Waals surface area contributed by atoms with E-state index in [0.29, 0.717) is 24.0 Å². The van der Waals surface area contributed by atoms with Crippen LogP contribution >= 0.6 is 0 Å². The number of rotatable bonds is 19. The summed E-state index contributed by atoms with van der Waals surface area (Å²) in [6.07, 6.45) is 5.22. The molecule has 2 aromatic carbocycles. The van der Waals surface area contributed by atoms with Gasteiger partial charge in [-0.2, -0.15) is 0 Å². The van der Waals surface area contributed by atoms with E-state index in [4.69, 9.17) is 28.7 Å². The average Bonchev–Trinajstić information content (AvgIpc) is 3.82. The molecule has 1 aromatic heterocycles. The molecule has 1 saturated carbocycles. The number of aliphatic hydroxyl groups excluding tert-OH is 1. The summed E-state index contributed by atoms with van der Waals surface area (Å²) in [7, 11) is 0. The van der Waals surface area contributed by atoms with Crippen molar-refractivity contribution in [2.75, 3.05) is 19.6 Å². The number of nitrogens with zero attached hydrogens (tertiary/aromatic N) is 2. The van der Waals surface area contributed by atoms with Crippen molar-refractivity contribution < 1.29 is 43.5 Å². The van der Waals surface area contributed by atoms with Gasteiger partial charge in [-0.3, -0.25) is 53.7 Å². The van der Waals surface area contributed by atoms with E-state index in [-0.39, 0.29) is 88.8 Å². The molecule has 8 atom stereocenters. The molecule has 8 amide bonds. The van der Waals surface area contributed by atoms with Gasteiger partial charge < -0.3 is 76.0 Å². The van der Waals surface area contributed by atoms with Crippen molar-refractivity contribution in [3.05, 3.63) is 71.9 Å². The highest BCUT2D eigenvalue weighted by Crippen LogP contribution is 2.28. The molecule has 1 unspecified atom stereocenters. The van der Waals surface area contributed by atoms with E-state index in [2.05, 4.69) is 57.5 Å². The van der Waals surface area contributed by atoms with Crippen LogP contribution < -0.4 is 71.2 Å². The summed E-state index contributed by atoms with van der Waals surface area (Å²) in [6, 6.07) is 7.31. The second kappa shape index (κ2) is 31.4. The van der Waals surface area contributed by atoms with Gasteiger partial charge in [-0.05, 0) is 74.5 Å². The Kier molecular flexibility index (Phi) is 24.6. The summed E-state index contributed by atoms with van der Waals surface area (Å²) < 4.78 is 0. The number of H-pyrrole nitrogens is 1. The molecule has 25 heteroatoms. The highest BCUT2D eigenvalue weighted by molar-refractivity contribution is 5.97. The third-order valence-electron chi connectivity index (χ3n) is 13.9. The molecule has 1 aliphatic carbocycles. The van der Waals surface area contributed by atoms with E-state index in [1.165, 1.54) is 6.92 Å². The van der Waals surface area contributed by atoms with E-state index in [1.54, 1.807) is 36.5 Å². The minimum absolute atomic E-state index is 0.00430. The van der Waals surface area contributed by atoms with Gasteiger partial charge in [-0.25, -0.2) is 0 Å². The number of primary amides is 1. The number of hydrogen-bond acceptors (Lipinski definition) is 12. The van der Waals surface area contributed by atoms with E-state index in [9.17, 15) is 43.5 Å². The highest BCUT2D eigenvalue weighted by Gasteiger charge is 2.36. The fourth-order valence-electron chi connectivity index (χ4n) is 9.79. The van der Waals surface area contributed by atoms with E-state index in [0.717, 1.165) is 43.0 Å². The van der Waals surface area contributed by atoms with Crippen LogP contribution in [0.1, 0.15) is 108 Å². The molecule has 5 rings (SSSR count). The number of aliphatic imine (C=N–C) groups is 2. The molecule has 0 bridgehead atoms. The fraction of sp³-hybridized carbons (Fsp3) is 0.547. The lowest BCUT2D eigenvalue weighted by Crippen LogP contribution is -2.61. The van der Waals surface area contributed by atoms with Gasteiger partial charge in [0.1, 0.15) is 36.4 Å². The van der Waals surface area contributed by atoms with Crippen LogP contribution in [-0.4, -0.2) is 137 Å². The van der Waals surface area contributed by atoms with Crippen LogP contribution in [0.4, 0.5) is 0 Å². The largest absolute Gasteiger partial charge is 0.376 e. The van der Waals surface area contributed by atoms with Crippen molar-refractivity contribution in [1.82, 2.24) is 47.5 Å². The van der Waals surface area contributed by atoms with Gasteiger partial charge in [0.15, 0.2) is 11.9 Å². The van der Waals surface area contributed by atoms with Crippen LogP contribution in [0, 0.1) is 5.92 Å². The van der Waals surface area contributed by atoms with Crippen molar-refractivity contribution in [1.29, 1.82) is 0 Å². The van der Waals surface area contributed by atoms with E-state index >= 15 is 0 Å². The van der Waals surface area contributed by atoms with Crippen LogP contribution in [0.3, 0.4) is 0 Å². The van der Waals surface area contributed by atoms with E-state index in [1.807, 2.05) is 24.3 Å². The Morgan fingerprint density at radius 3 is 1.95 bits per heavy atom. The smallest absolute Gasteiger partial charge is 0.243 e. The third kappa shape index (κ3) is 20.6. The number of nitrogens with one attached hydrogen (secondary N) is 9. The molecule has 426 valence electrons. The SMILES string of the molecule is CC(=O)N[C@@H](CCCN=C(N)N)C(O)N[C@H]1CC(=O)NCCCC[C@@H](C(N)=O)NC(=O)[C@H](Cc2c[nH]c3ccccc23)NC(=O)[C@H](CCCN=C(N)N)NC(=O)[C@@H](Cc2ccccc2)NC(=O)[C@@H](CC2CCCCC2)NC1=O. The average molecular weight is 1090 g/mol. The molecule has 25 nitrogen and oxygen atoms in total. The summed E-state index contributed by atoms with van der Waals surface area (Å²) in [4.78, 5) is 124. The zero-order valence-electron chi connectivity index (χ0n) is 44.4. The standard InChI is InChI=1S/C53H80N16O9/c1-31(70)63-38(21-12-24-60-52(55)56)46(73)69-43-29-44(71)59-23-11-10-20-37(45(54)72)64-50(77)42(28-34-30-62-36-19-9-8-18-35(34)36)68-47(74)39(22-13-25-61-53(57)58)65-48(75)40(26-32-14-4-2-5-15-32)66-49(76)41(67-51(43)78)27-33-16-6-3-7-17-33/h2,4-5,8-9,14-15,18-19,30,33,37-43,46,62,69,73H,3,6-7,10-13,16-17,20-29H2,1H3,(H2,54,72)(H,59,71)(H,63,70)(H,64,77)(H,65,75)(H,66,76)(H,67,78)(H,68,74)(H4,55,56,60)(H4,57,58,61)/t37-,38-,39-,40+,41+,42-,43-,46?/m0/s1. The van der Waals surface area contributed by atoms with Crippen molar-refractivity contribution in [2.45, 2.75) is 158 Å². The maximum atomic E-state index is 14.9. The number of nitrogens with two attached hydrogens (primary N) is 5. The van der Waals surface area contributed by atoms with Gasteiger partial charge in [0.05, 0.1) is 18.5 Å². The first-order valence-electron chi connectivity index (χ1n) is 26.9. The first kappa shape index (κ1) is 61.1. The maximum Gasteiger partial charge on any atom is 0.243 e. The molecular weight excluding hydrogens is 1000 g/mol. The molecule has 3 aromatic rings. The molecule has 2 aliphatic rings. The predicted octanol–water partition coefficient (Wildman–Crippen LogP) is -1.59. The molecule has 20 N–H and O–H groups in total. The number of carbonyl (C=O) groups is 8. The summed E-state index contributed by atoms with van der Waals surface area (Å²) in [5.74, 6) is -6.11. The zero-order valence-corrected chi connectivity index (χ0v) is 44.4. The Morgan fingerprint density at radius 2 is 1.27 bits per heavy atom. The van der Waals surface area contributed by atoms with Crippen LogP contribution in [-0.2, 0) is 51.2 Å². The number of carbonyl (C=O) groups excluding carboxylic acids is 8. The minimum Gasteiger partial charge on any atom is -0.376 e. The Labute approximate surface area is 454 Å². The molecule has 2 fully saturated rings. The zero-order chi connectivity index (χ0) is 56.6. The first-order chi connectivity index (χ1) is 37.4. The number of aliphatic hydroxyl groups is 1. The number of aromatic nitrogens is 1. The number of para-hydroxylation sites is 1. The summed E-state index contributed by atoms with van der Waals surface area (Å²) >= 11 is 0. The molecule has 0 radical (unpaired) electrons. The van der Waals surface area contributed by atoms with Crippen molar-refractivity contribution in [2.24, 2.45) is 44.6 Å². The fourth-order valence-corrected chi connectivity index (χ4v) is 9.79. The Morgan fingerprint density at radius 1 is 0.679 bits per heavy atom. The van der Waals surface area contributed by atoms with Crippen molar-refractivity contribution >= 4 is 70.1 Å². The first-order valence-corrected chi connectivity index (χ1v) is 26.9. The Bertz CT molecular complexity index is 2540. The number of aromatic amines is 1. The van der Waals surface area contributed by atoms with Crippen LogP contribution in [0.15, 0.2) is 70.8 Å². The van der Waals surface area contributed by atoms with Gasteiger partial charge >= 0.3 is 0 Å². The molecule has 2 heterocycles. The van der Waals surface area contributed by atoms with Crippen molar-refractivity contribution in [3.8, 4) is 0 Å². The summed E-state index contributed by atoms with van der Waals surface area (Å²) in [6.45, 7) is 1.57. The molecular formula is C53H80N16O9. The quantitative estimate of drug-likeness (QED) is 0.0279. The number of guanidine groups is 2. The summed E-state index contributed by atoms with van der Waals surface area (Å²) in [5, 5.41) is 34.7. The molecule has 1 aliphatic heterocycles. The second-order valence-electron chi connectivity index (χ2n) is 20.1. The van der Waals surface area contributed by atoms with E-state index < -0.39 is 102 Å². The van der Waals surface area contributed by atoms with Crippen molar-refractivity contribution in [3.63, 3.8) is 0 Å². The monoisotopic (exact) mass is 1080 g/mol. The lowest BCUT2D eigenvalue weighted by molar-refractivity contribution is -0.136. The number of fused-ring (bicyclic) bond motifs is 1. The van der Waals surface area contributed by atoms with Crippen LogP contribution in [0.2, 0.25) is 0 Å². The molecule has 1 saturated heterocycles. The predicted molar refractivity (Wildman–Crippen MR) is 294 cm³/mol. The minimum atomic E-state index is -1.60. The van der Waals surface area contributed by atoms with Crippen LogP contribution in [0.25, 0.3) is 10.9 Å². The van der Waals surface area contributed by atoms with Gasteiger partial charge in [-0.15, -0.1) is 0 Å². The number of amides is 8. The highest BCUT2D eigenvalue weighted by atomic mass is 16.3. The number of benzene rings is 2. The normalized spacial score (nSPS) is 22.7. The van der Waals surface area contributed by atoms with Gasteiger partial charge in [0, 0.05) is 56.5 Å². The third-order valence-corrected chi connectivity index (χ3v) is 13.9.